The number of ether oxygens (including phenoxy) is 2. The molecular weight excluding hydrogens is 216 g/mol. The molecule has 96 valence electrons. The summed E-state index contributed by atoms with van der Waals surface area (Å²) in [4.78, 5) is 0. The zero-order valence-corrected chi connectivity index (χ0v) is 11.0. The number of nitrogens with one attached hydrogen (secondary N) is 1. The van der Waals surface area contributed by atoms with Crippen molar-refractivity contribution in [2.45, 2.75) is 26.4 Å². The first-order chi connectivity index (χ1) is 8.08. The van der Waals surface area contributed by atoms with Crippen molar-refractivity contribution in [3.63, 3.8) is 0 Å². The topological polar surface area (TPSA) is 56.5 Å². The predicted octanol–water partition coefficient (Wildman–Crippen LogP) is 1.45. The Morgan fingerprint density at radius 1 is 1.24 bits per heavy atom. The lowest BCUT2D eigenvalue weighted by molar-refractivity contribution is 0.394. The molecule has 0 amide bonds. The molecule has 0 radical (unpaired) electrons. The van der Waals surface area contributed by atoms with E-state index in [1.165, 1.54) is 0 Å². The van der Waals surface area contributed by atoms with Gasteiger partial charge in [-0.15, -0.1) is 0 Å². The van der Waals surface area contributed by atoms with Gasteiger partial charge in [-0.1, -0.05) is 0 Å². The van der Waals surface area contributed by atoms with Gasteiger partial charge in [-0.3, -0.25) is 0 Å². The summed E-state index contributed by atoms with van der Waals surface area (Å²) < 4.78 is 10.7. The minimum Gasteiger partial charge on any atom is -0.496 e. The highest BCUT2D eigenvalue weighted by atomic mass is 16.5. The SMILES string of the molecule is COc1cc(CNCC(C)N)c(OC)cc1C. The molecule has 0 aliphatic rings. The summed E-state index contributed by atoms with van der Waals surface area (Å²) in [5.74, 6) is 1.75. The second-order valence-corrected chi connectivity index (χ2v) is 4.24. The molecule has 0 bridgehead atoms. The lowest BCUT2D eigenvalue weighted by atomic mass is 10.1. The number of aryl methyl sites for hydroxylation is 1. The Morgan fingerprint density at radius 3 is 2.41 bits per heavy atom. The van der Waals surface area contributed by atoms with Crippen LogP contribution >= 0.6 is 0 Å². The normalized spacial score (nSPS) is 12.3. The van der Waals surface area contributed by atoms with Crippen molar-refractivity contribution >= 4 is 0 Å². The van der Waals surface area contributed by atoms with Crippen molar-refractivity contribution in [3.8, 4) is 11.5 Å². The van der Waals surface area contributed by atoms with Gasteiger partial charge >= 0.3 is 0 Å². The molecule has 0 aliphatic heterocycles. The van der Waals surface area contributed by atoms with Crippen LogP contribution in [-0.4, -0.2) is 26.8 Å². The fourth-order valence-electron chi connectivity index (χ4n) is 1.69. The van der Waals surface area contributed by atoms with Crippen LogP contribution in [-0.2, 0) is 6.54 Å². The molecule has 0 heterocycles. The van der Waals surface area contributed by atoms with Gasteiger partial charge in [0, 0.05) is 24.7 Å². The Morgan fingerprint density at radius 2 is 1.88 bits per heavy atom. The third-order valence-electron chi connectivity index (χ3n) is 2.58. The van der Waals surface area contributed by atoms with Crippen LogP contribution in [0.5, 0.6) is 11.5 Å². The van der Waals surface area contributed by atoms with E-state index in [0.29, 0.717) is 0 Å². The summed E-state index contributed by atoms with van der Waals surface area (Å²) in [6.45, 7) is 5.47. The van der Waals surface area contributed by atoms with Crippen LogP contribution < -0.4 is 20.5 Å². The fraction of sp³-hybridized carbons (Fsp3) is 0.538. The van der Waals surface area contributed by atoms with E-state index in [9.17, 15) is 0 Å². The molecule has 0 spiro atoms. The van der Waals surface area contributed by atoms with E-state index in [-0.39, 0.29) is 6.04 Å². The van der Waals surface area contributed by atoms with E-state index < -0.39 is 0 Å². The first-order valence-corrected chi connectivity index (χ1v) is 5.76. The molecule has 4 nitrogen and oxygen atoms in total. The summed E-state index contributed by atoms with van der Waals surface area (Å²) in [6.07, 6.45) is 0. The number of benzene rings is 1. The van der Waals surface area contributed by atoms with Gasteiger partial charge in [-0.05, 0) is 31.5 Å². The first kappa shape index (κ1) is 13.8. The van der Waals surface area contributed by atoms with Crippen molar-refractivity contribution in [3.05, 3.63) is 23.3 Å². The maximum absolute atomic E-state index is 5.69. The Bertz CT molecular complexity index is 365. The van der Waals surface area contributed by atoms with Crippen LogP contribution in [0.25, 0.3) is 0 Å². The van der Waals surface area contributed by atoms with Gasteiger partial charge in [0.1, 0.15) is 11.5 Å². The number of nitrogens with two attached hydrogens (primary N) is 1. The third kappa shape index (κ3) is 3.91. The van der Waals surface area contributed by atoms with Gasteiger partial charge in [-0.2, -0.15) is 0 Å². The molecule has 0 aliphatic carbocycles. The molecule has 1 aromatic rings. The molecule has 0 fully saturated rings. The quantitative estimate of drug-likeness (QED) is 0.787. The largest absolute Gasteiger partial charge is 0.496 e. The maximum atomic E-state index is 5.69. The van der Waals surface area contributed by atoms with E-state index >= 15 is 0 Å². The minimum absolute atomic E-state index is 0.147. The molecule has 4 heteroatoms. The van der Waals surface area contributed by atoms with Gasteiger partial charge < -0.3 is 20.5 Å². The molecule has 0 aromatic heterocycles. The average Bonchev–Trinajstić information content (AvgIpc) is 2.30. The van der Waals surface area contributed by atoms with Crippen molar-refractivity contribution in [2.75, 3.05) is 20.8 Å². The number of methoxy groups -OCH3 is 2. The predicted molar refractivity (Wildman–Crippen MR) is 69.6 cm³/mol. The summed E-state index contributed by atoms with van der Waals surface area (Å²) in [5, 5.41) is 3.29. The number of rotatable bonds is 6. The van der Waals surface area contributed by atoms with Gasteiger partial charge in [-0.25, -0.2) is 0 Å². The fourth-order valence-corrected chi connectivity index (χ4v) is 1.69. The zero-order valence-electron chi connectivity index (χ0n) is 11.0. The van der Waals surface area contributed by atoms with E-state index in [1.54, 1.807) is 14.2 Å². The van der Waals surface area contributed by atoms with Gasteiger partial charge in [0.15, 0.2) is 0 Å². The second-order valence-electron chi connectivity index (χ2n) is 4.24. The van der Waals surface area contributed by atoms with Crippen molar-refractivity contribution in [1.82, 2.24) is 5.32 Å². The Labute approximate surface area is 103 Å². The van der Waals surface area contributed by atoms with Crippen molar-refractivity contribution < 1.29 is 9.47 Å². The zero-order chi connectivity index (χ0) is 12.8. The van der Waals surface area contributed by atoms with E-state index in [0.717, 1.165) is 35.7 Å². The van der Waals surface area contributed by atoms with Crippen molar-refractivity contribution in [2.24, 2.45) is 5.73 Å². The van der Waals surface area contributed by atoms with E-state index in [2.05, 4.69) is 5.32 Å². The van der Waals surface area contributed by atoms with Crippen LogP contribution in [0.3, 0.4) is 0 Å². The third-order valence-corrected chi connectivity index (χ3v) is 2.58. The van der Waals surface area contributed by atoms with Crippen LogP contribution in [0.1, 0.15) is 18.1 Å². The van der Waals surface area contributed by atoms with E-state index in [1.807, 2.05) is 26.0 Å². The van der Waals surface area contributed by atoms with Crippen molar-refractivity contribution in [1.29, 1.82) is 0 Å². The molecule has 17 heavy (non-hydrogen) atoms. The highest BCUT2D eigenvalue weighted by Gasteiger charge is 2.08. The monoisotopic (exact) mass is 238 g/mol. The lowest BCUT2D eigenvalue weighted by Crippen LogP contribution is -2.30. The molecule has 1 rings (SSSR count). The van der Waals surface area contributed by atoms with Gasteiger partial charge in [0.05, 0.1) is 14.2 Å². The highest BCUT2D eigenvalue weighted by molar-refractivity contribution is 5.45. The van der Waals surface area contributed by atoms with Gasteiger partial charge in [0.25, 0.3) is 0 Å². The highest BCUT2D eigenvalue weighted by Crippen LogP contribution is 2.27. The van der Waals surface area contributed by atoms with Crippen LogP contribution in [0, 0.1) is 6.92 Å². The molecule has 1 unspecified atom stereocenters. The Hall–Kier alpha value is -1.26. The smallest absolute Gasteiger partial charge is 0.123 e. The van der Waals surface area contributed by atoms with E-state index in [4.69, 9.17) is 15.2 Å². The first-order valence-electron chi connectivity index (χ1n) is 5.76. The summed E-state index contributed by atoms with van der Waals surface area (Å²) in [5.41, 5.74) is 7.84. The molecule has 1 aromatic carbocycles. The molecule has 3 N–H and O–H groups in total. The van der Waals surface area contributed by atoms with Gasteiger partial charge in [0.2, 0.25) is 0 Å². The number of hydrogen-bond acceptors (Lipinski definition) is 4. The van der Waals surface area contributed by atoms with Crippen LogP contribution in [0.4, 0.5) is 0 Å². The molecule has 1 atom stereocenters. The molecular formula is C13H22N2O2. The summed E-state index contributed by atoms with van der Waals surface area (Å²) in [6, 6.07) is 4.14. The summed E-state index contributed by atoms with van der Waals surface area (Å²) >= 11 is 0. The molecule has 0 saturated carbocycles. The minimum atomic E-state index is 0.147. The molecule has 0 saturated heterocycles. The van der Waals surface area contributed by atoms with Crippen LogP contribution in [0.2, 0.25) is 0 Å². The average molecular weight is 238 g/mol. The lowest BCUT2D eigenvalue weighted by Gasteiger charge is -2.14. The Balaban J connectivity index is 2.81. The van der Waals surface area contributed by atoms with Crippen LogP contribution in [0.15, 0.2) is 12.1 Å². The second kappa shape index (κ2) is 6.47. The standard InChI is InChI=1S/C13H22N2O2/c1-9-5-13(17-4)11(6-12(9)16-3)8-15-7-10(2)14/h5-6,10,15H,7-8,14H2,1-4H3. The maximum Gasteiger partial charge on any atom is 0.123 e. The number of hydrogen-bond donors (Lipinski definition) is 2. The Kier molecular flexibility index (Phi) is 5.25. The summed E-state index contributed by atoms with van der Waals surface area (Å²) in [7, 11) is 3.35.